The molecule has 3 aliphatic rings. The van der Waals surface area contributed by atoms with Gasteiger partial charge in [0.25, 0.3) is 0 Å². The van der Waals surface area contributed by atoms with E-state index in [-0.39, 0.29) is 18.0 Å². The summed E-state index contributed by atoms with van der Waals surface area (Å²) in [6, 6.07) is 0. The Bertz CT molecular complexity index is 548. The van der Waals surface area contributed by atoms with Crippen molar-refractivity contribution in [3.05, 3.63) is 0 Å². The van der Waals surface area contributed by atoms with Crippen LogP contribution in [0.4, 0.5) is 0 Å². The first-order valence-corrected chi connectivity index (χ1v) is 10.4. The Kier molecular flexibility index (Phi) is 5.96. The number of nitrogens with one attached hydrogen (secondary N) is 1. The van der Waals surface area contributed by atoms with Crippen LogP contribution in [0.2, 0.25) is 0 Å². The van der Waals surface area contributed by atoms with Crippen LogP contribution in [0.25, 0.3) is 0 Å². The molecule has 0 aromatic carbocycles. The lowest BCUT2D eigenvalue weighted by Crippen LogP contribution is -2.54. The Morgan fingerprint density at radius 3 is 2.71 bits per heavy atom. The Morgan fingerprint density at radius 2 is 2.04 bits per heavy atom. The minimum Gasteiger partial charge on any atom is -0.375 e. The first-order valence-electron chi connectivity index (χ1n) is 8.77. The van der Waals surface area contributed by atoms with E-state index >= 15 is 0 Å². The Hall–Kier alpha value is -0.900. The number of guanidine groups is 1. The molecule has 0 aliphatic carbocycles. The lowest BCUT2D eigenvalue weighted by Gasteiger charge is -2.37. The van der Waals surface area contributed by atoms with Gasteiger partial charge < -0.3 is 19.7 Å². The molecule has 3 aliphatic heterocycles. The van der Waals surface area contributed by atoms with E-state index in [2.05, 4.69) is 15.2 Å². The topological polar surface area (TPSA) is 83.5 Å². The molecule has 2 unspecified atom stereocenters. The molecule has 0 aromatic rings. The van der Waals surface area contributed by atoms with Crippen molar-refractivity contribution < 1.29 is 17.9 Å². The molecule has 0 amide bonds. The van der Waals surface area contributed by atoms with Gasteiger partial charge in [-0.05, 0) is 19.3 Å². The van der Waals surface area contributed by atoms with E-state index in [0.717, 1.165) is 44.9 Å². The predicted molar refractivity (Wildman–Crippen MR) is 91.6 cm³/mol. The number of rotatable bonds is 4. The van der Waals surface area contributed by atoms with Crippen LogP contribution in [0.15, 0.2) is 4.99 Å². The molecule has 3 rings (SSSR count). The molecular weight excluding hydrogens is 332 g/mol. The van der Waals surface area contributed by atoms with Crippen LogP contribution in [-0.4, -0.2) is 94.5 Å². The molecule has 1 N–H and O–H groups in total. The summed E-state index contributed by atoms with van der Waals surface area (Å²) in [6.07, 6.45) is 3.14. The Balaban J connectivity index is 1.48. The van der Waals surface area contributed by atoms with E-state index in [9.17, 15) is 8.42 Å². The van der Waals surface area contributed by atoms with Gasteiger partial charge in [0, 0.05) is 46.4 Å². The van der Waals surface area contributed by atoms with Crippen LogP contribution >= 0.6 is 0 Å². The Labute approximate surface area is 144 Å². The number of aliphatic imine (C=N–C) groups is 1. The zero-order chi connectivity index (χ0) is 17.0. The number of ether oxygens (including phenoxy) is 2. The molecule has 9 heteroatoms. The molecule has 138 valence electrons. The summed E-state index contributed by atoms with van der Waals surface area (Å²) in [5, 5.41) is 3.29. The number of morpholine rings is 1. The van der Waals surface area contributed by atoms with E-state index in [0.29, 0.717) is 26.2 Å². The van der Waals surface area contributed by atoms with E-state index in [1.807, 2.05) is 0 Å². The predicted octanol–water partition coefficient (Wildman–Crippen LogP) is -0.523. The third-order valence-corrected chi connectivity index (χ3v) is 6.79. The normalized spacial score (nSPS) is 31.5. The highest BCUT2D eigenvalue weighted by atomic mass is 32.2. The molecule has 0 saturated carbocycles. The molecule has 2 atom stereocenters. The maximum atomic E-state index is 11.8. The number of nitrogens with zero attached hydrogens (tertiary/aromatic N) is 3. The van der Waals surface area contributed by atoms with Gasteiger partial charge in [0.05, 0.1) is 18.5 Å². The lowest BCUT2D eigenvalue weighted by atomic mass is 10.1. The van der Waals surface area contributed by atoms with Crippen LogP contribution in [0.5, 0.6) is 0 Å². The van der Waals surface area contributed by atoms with Gasteiger partial charge in [0.15, 0.2) is 5.96 Å². The van der Waals surface area contributed by atoms with Crippen molar-refractivity contribution in [1.29, 1.82) is 0 Å². The van der Waals surface area contributed by atoms with Crippen LogP contribution in [0.3, 0.4) is 0 Å². The quantitative estimate of drug-likeness (QED) is 0.536. The molecule has 0 bridgehead atoms. The molecule has 0 spiro atoms. The zero-order valence-electron chi connectivity index (χ0n) is 14.3. The molecule has 3 fully saturated rings. The van der Waals surface area contributed by atoms with Crippen LogP contribution in [-0.2, 0) is 19.5 Å². The van der Waals surface area contributed by atoms with Gasteiger partial charge in [-0.25, -0.2) is 12.7 Å². The molecular formula is C15H28N4O4S. The first kappa shape index (κ1) is 17.9. The maximum absolute atomic E-state index is 11.8. The second-order valence-corrected chi connectivity index (χ2v) is 8.54. The van der Waals surface area contributed by atoms with Crippen molar-refractivity contribution >= 4 is 16.0 Å². The van der Waals surface area contributed by atoms with Crippen LogP contribution < -0.4 is 5.32 Å². The van der Waals surface area contributed by atoms with Gasteiger partial charge in [-0.3, -0.25) is 4.99 Å². The number of hydrogen-bond acceptors (Lipinski definition) is 5. The molecule has 3 saturated heterocycles. The van der Waals surface area contributed by atoms with Crippen molar-refractivity contribution in [3.8, 4) is 0 Å². The number of sulfonamides is 1. The SMILES string of the molecule is CN=C(NCCN1CCCS1(=O)=O)N1CCOC(C2CCCO2)C1. The maximum Gasteiger partial charge on any atom is 0.214 e. The van der Waals surface area contributed by atoms with E-state index in [1.54, 1.807) is 11.4 Å². The molecule has 8 nitrogen and oxygen atoms in total. The molecule has 0 radical (unpaired) electrons. The summed E-state index contributed by atoms with van der Waals surface area (Å²) in [5.74, 6) is 1.08. The standard InChI is InChI=1S/C15H28N4O4S/c1-16-15(17-5-7-19-6-3-11-24(19,20)21)18-8-10-23-14(12-18)13-4-2-9-22-13/h13-14H,2-12H2,1H3,(H,16,17). The highest BCUT2D eigenvalue weighted by Crippen LogP contribution is 2.21. The number of hydrogen-bond donors (Lipinski definition) is 1. The van der Waals surface area contributed by atoms with Crippen molar-refractivity contribution in [3.63, 3.8) is 0 Å². The van der Waals surface area contributed by atoms with E-state index < -0.39 is 10.0 Å². The zero-order valence-corrected chi connectivity index (χ0v) is 15.1. The van der Waals surface area contributed by atoms with Gasteiger partial charge in [-0.15, -0.1) is 0 Å². The van der Waals surface area contributed by atoms with Crippen molar-refractivity contribution in [2.75, 3.05) is 58.7 Å². The van der Waals surface area contributed by atoms with Gasteiger partial charge in [-0.1, -0.05) is 0 Å². The van der Waals surface area contributed by atoms with Crippen LogP contribution in [0.1, 0.15) is 19.3 Å². The average molecular weight is 360 g/mol. The second kappa shape index (κ2) is 7.99. The van der Waals surface area contributed by atoms with Crippen molar-refractivity contribution in [1.82, 2.24) is 14.5 Å². The fourth-order valence-corrected chi connectivity index (χ4v) is 5.08. The summed E-state index contributed by atoms with van der Waals surface area (Å²) in [4.78, 5) is 6.52. The Morgan fingerprint density at radius 1 is 1.21 bits per heavy atom. The highest BCUT2D eigenvalue weighted by Gasteiger charge is 2.32. The van der Waals surface area contributed by atoms with Crippen molar-refractivity contribution in [2.45, 2.75) is 31.5 Å². The fraction of sp³-hybridized carbons (Fsp3) is 0.933. The third-order valence-electron chi connectivity index (χ3n) is 4.83. The summed E-state index contributed by atoms with van der Waals surface area (Å²) in [5.41, 5.74) is 0. The summed E-state index contributed by atoms with van der Waals surface area (Å²) < 4.78 is 36.8. The molecule has 3 heterocycles. The van der Waals surface area contributed by atoms with Crippen LogP contribution in [0, 0.1) is 0 Å². The average Bonchev–Trinajstić information content (AvgIpc) is 3.22. The van der Waals surface area contributed by atoms with Gasteiger partial charge in [0.1, 0.15) is 6.10 Å². The van der Waals surface area contributed by atoms with Gasteiger partial charge in [-0.2, -0.15) is 0 Å². The highest BCUT2D eigenvalue weighted by molar-refractivity contribution is 7.89. The van der Waals surface area contributed by atoms with E-state index in [1.165, 1.54) is 0 Å². The van der Waals surface area contributed by atoms with E-state index in [4.69, 9.17) is 9.47 Å². The third kappa shape index (κ3) is 4.19. The monoisotopic (exact) mass is 360 g/mol. The smallest absolute Gasteiger partial charge is 0.214 e. The minimum atomic E-state index is -3.03. The largest absolute Gasteiger partial charge is 0.375 e. The summed E-state index contributed by atoms with van der Waals surface area (Å²) >= 11 is 0. The summed E-state index contributed by atoms with van der Waals surface area (Å²) in [6.45, 7) is 4.70. The van der Waals surface area contributed by atoms with Crippen molar-refractivity contribution in [2.24, 2.45) is 4.99 Å². The molecule has 24 heavy (non-hydrogen) atoms. The second-order valence-electron chi connectivity index (χ2n) is 6.45. The summed E-state index contributed by atoms with van der Waals surface area (Å²) in [7, 11) is -1.28. The fourth-order valence-electron chi connectivity index (χ4n) is 3.56. The minimum absolute atomic E-state index is 0.0822. The molecule has 0 aromatic heterocycles. The lowest BCUT2D eigenvalue weighted by molar-refractivity contribution is -0.0816. The first-order chi connectivity index (χ1) is 11.6. The van der Waals surface area contributed by atoms with Gasteiger partial charge >= 0.3 is 0 Å². The van der Waals surface area contributed by atoms with Gasteiger partial charge in [0.2, 0.25) is 10.0 Å².